The van der Waals surface area contributed by atoms with Crippen molar-refractivity contribution in [1.29, 1.82) is 0 Å². The van der Waals surface area contributed by atoms with Crippen molar-refractivity contribution < 1.29 is 9.59 Å². The third-order valence-corrected chi connectivity index (χ3v) is 6.06. The number of carbonyl (C=O) groups is 2. The highest BCUT2D eigenvalue weighted by Crippen LogP contribution is 2.29. The molecule has 2 aromatic heterocycles. The zero-order chi connectivity index (χ0) is 21.1. The summed E-state index contributed by atoms with van der Waals surface area (Å²) in [6, 6.07) is 16.2. The van der Waals surface area contributed by atoms with E-state index >= 15 is 0 Å². The SMILES string of the molecule is O=C(Cc1ccccc1Cl)Nc1[nH]nc2sc(C(=O)NCc3ccc(Cl)cc3)cc12. The van der Waals surface area contributed by atoms with Crippen LogP contribution in [0.15, 0.2) is 54.6 Å². The number of amides is 2. The largest absolute Gasteiger partial charge is 0.347 e. The van der Waals surface area contributed by atoms with Gasteiger partial charge in [0.2, 0.25) is 5.91 Å². The zero-order valence-electron chi connectivity index (χ0n) is 15.5. The van der Waals surface area contributed by atoms with E-state index in [4.69, 9.17) is 23.2 Å². The van der Waals surface area contributed by atoms with Gasteiger partial charge < -0.3 is 10.6 Å². The number of thiophene rings is 1. The molecule has 0 unspecified atom stereocenters. The maximum Gasteiger partial charge on any atom is 0.261 e. The smallest absolute Gasteiger partial charge is 0.261 e. The van der Waals surface area contributed by atoms with E-state index < -0.39 is 0 Å². The molecule has 0 bridgehead atoms. The number of fused-ring (bicyclic) bond motifs is 1. The summed E-state index contributed by atoms with van der Waals surface area (Å²) < 4.78 is 0. The molecule has 2 amide bonds. The Morgan fingerprint density at radius 3 is 2.60 bits per heavy atom. The minimum Gasteiger partial charge on any atom is -0.347 e. The predicted octanol–water partition coefficient (Wildman–Crippen LogP) is 5.04. The molecule has 4 rings (SSSR count). The third kappa shape index (κ3) is 4.64. The van der Waals surface area contributed by atoms with E-state index in [1.807, 2.05) is 24.3 Å². The summed E-state index contributed by atoms with van der Waals surface area (Å²) in [6.07, 6.45) is 0.138. The number of H-pyrrole nitrogens is 1. The Balaban J connectivity index is 1.42. The first-order chi connectivity index (χ1) is 14.5. The van der Waals surface area contributed by atoms with Gasteiger partial charge in [0, 0.05) is 16.6 Å². The zero-order valence-corrected chi connectivity index (χ0v) is 17.9. The van der Waals surface area contributed by atoms with E-state index in [0.29, 0.717) is 37.5 Å². The molecule has 3 N–H and O–H groups in total. The summed E-state index contributed by atoms with van der Waals surface area (Å²) in [6.45, 7) is 0.388. The quantitative estimate of drug-likeness (QED) is 0.378. The fourth-order valence-corrected chi connectivity index (χ4v) is 4.13. The molecule has 0 atom stereocenters. The van der Waals surface area contributed by atoms with Crippen molar-refractivity contribution in [2.45, 2.75) is 13.0 Å². The van der Waals surface area contributed by atoms with Crippen LogP contribution in [0.4, 0.5) is 5.82 Å². The van der Waals surface area contributed by atoms with Crippen LogP contribution in [0.1, 0.15) is 20.8 Å². The van der Waals surface area contributed by atoms with Crippen molar-refractivity contribution in [3.63, 3.8) is 0 Å². The van der Waals surface area contributed by atoms with Gasteiger partial charge in [-0.1, -0.05) is 53.5 Å². The van der Waals surface area contributed by atoms with Crippen LogP contribution in [0.25, 0.3) is 10.2 Å². The van der Waals surface area contributed by atoms with Crippen molar-refractivity contribution in [2.24, 2.45) is 0 Å². The van der Waals surface area contributed by atoms with Gasteiger partial charge in [-0.2, -0.15) is 5.10 Å². The van der Waals surface area contributed by atoms with Gasteiger partial charge in [-0.05, 0) is 35.4 Å². The number of halogens is 2. The van der Waals surface area contributed by atoms with E-state index in [2.05, 4.69) is 20.8 Å². The molecule has 0 saturated carbocycles. The van der Waals surface area contributed by atoms with Crippen molar-refractivity contribution in [3.8, 4) is 0 Å². The fraction of sp³-hybridized carbons (Fsp3) is 0.0952. The van der Waals surface area contributed by atoms with Crippen LogP contribution < -0.4 is 10.6 Å². The number of carbonyl (C=O) groups excluding carboxylic acids is 2. The molecule has 0 spiro atoms. The Hall–Kier alpha value is -2.87. The lowest BCUT2D eigenvalue weighted by molar-refractivity contribution is -0.115. The van der Waals surface area contributed by atoms with E-state index in [9.17, 15) is 9.59 Å². The maximum atomic E-state index is 12.5. The molecule has 152 valence electrons. The van der Waals surface area contributed by atoms with Gasteiger partial charge in [-0.3, -0.25) is 14.7 Å². The summed E-state index contributed by atoms with van der Waals surface area (Å²) in [4.78, 5) is 26.0. The van der Waals surface area contributed by atoms with Crippen LogP contribution in [0, 0.1) is 0 Å². The lowest BCUT2D eigenvalue weighted by atomic mass is 10.1. The molecule has 0 aliphatic heterocycles. The van der Waals surface area contributed by atoms with E-state index in [1.165, 1.54) is 11.3 Å². The van der Waals surface area contributed by atoms with Gasteiger partial charge in [0.25, 0.3) is 5.91 Å². The number of rotatable bonds is 6. The first-order valence-electron chi connectivity index (χ1n) is 9.03. The second-order valence-electron chi connectivity index (χ2n) is 6.55. The third-order valence-electron chi connectivity index (χ3n) is 4.41. The number of aromatic amines is 1. The Morgan fingerprint density at radius 2 is 1.83 bits per heavy atom. The highest BCUT2D eigenvalue weighted by atomic mass is 35.5. The summed E-state index contributed by atoms with van der Waals surface area (Å²) in [5, 5.41) is 14.5. The number of nitrogens with one attached hydrogen (secondary N) is 3. The lowest BCUT2D eigenvalue weighted by Gasteiger charge is -2.05. The van der Waals surface area contributed by atoms with Crippen molar-refractivity contribution >= 4 is 62.4 Å². The van der Waals surface area contributed by atoms with E-state index in [1.54, 1.807) is 30.3 Å². The van der Waals surface area contributed by atoms with Gasteiger partial charge in [0.1, 0.15) is 10.6 Å². The number of aromatic nitrogens is 2. The topological polar surface area (TPSA) is 86.9 Å². The average Bonchev–Trinajstić information content (AvgIpc) is 3.31. The molecule has 6 nitrogen and oxygen atoms in total. The summed E-state index contributed by atoms with van der Waals surface area (Å²) in [5.74, 6) is 0.0185. The minimum absolute atomic E-state index is 0.138. The molecule has 2 heterocycles. The predicted molar refractivity (Wildman–Crippen MR) is 120 cm³/mol. The monoisotopic (exact) mass is 458 g/mol. The molecule has 0 radical (unpaired) electrons. The Morgan fingerprint density at radius 1 is 1.07 bits per heavy atom. The molecule has 9 heteroatoms. The second-order valence-corrected chi connectivity index (χ2v) is 8.43. The van der Waals surface area contributed by atoms with Crippen LogP contribution in [-0.2, 0) is 17.8 Å². The van der Waals surface area contributed by atoms with Gasteiger partial charge in [-0.25, -0.2) is 0 Å². The second kappa shape index (κ2) is 8.87. The fourth-order valence-electron chi connectivity index (χ4n) is 2.89. The van der Waals surface area contributed by atoms with Crippen LogP contribution >= 0.6 is 34.5 Å². The molecule has 0 aliphatic carbocycles. The average molecular weight is 459 g/mol. The molecule has 0 aliphatic rings. The van der Waals surface area contributed by atoms with Crippen LogP contribution in [0.2, 0.25) is 10.0 Å². The standard InChI is InChI=1S/C21H16Cl2N4O2S/c22-14-7-5-12(6-8-14)11-24-20(29)17-10-15-19(26-27-21(15)30-17)25-18(28)9-13-3-1-2-4-16(13)23/h1-8,10H,9,11H2,(H,24,29)(H2,25,26,27,28). The lowest BCUT2D eigenvalue weighted by Crippen LogP contribution is -2.21. The highest BCUT2D eigenvalue weighted by molar-refractivity contribution is 7.20. The Kier molecular flexibility index (Phi) is 6.03. The normalized spacial score (nSPS) is 10.9. The van der Waals surface area contributed by atoms with Gasteiger partial charge in [-0.15, -0.1) is 11.3 Å². The van der Waals surface area contributed by atoms with Crippen molar-refractivity contribution in [2.75, 3.05) is 5.32 Å². The Bertz CT molecular complexity index is 1220. The number of hydrogen-bond donors (Lipinski definition) is 3. The van der Waals surface area contributed by atoms with Gasteiger partial charge in [0.15, 0.2) is 0 Å². The van der Waals surface area contributed by atoms with Gasteiger partial charge >= 0.3 is 0 Å². The van der Waals surface area contributed by atoms with Gasteiger partial charge in [0.05, 0.1) is 16.7 Å². The van der Waals surface area contributed by atoms with E-state index in [0.717, 1.165) is 11.1 Å². The van der Waals surface area contributed by atoms with Crippen LogP contribution in [0.3, 0.4) is 0 Å². The number of nitrogens with zero attached hydrogens (tertiary/aromatic N) is 1. The van der Waals surface area contributed by atoms with Crippen LogP contribution in [0.5, 0.6) is 0 Å². The summed E-state index contributed by atoms with van der Waals surface area (Å²) in [5.41, 5.74) is 1.68. The maximum absolute atomic E-state index is 12.5. The van der Waals surface area contributed by atoms with Crippen molar-refractivity contribution in [1.82, 2.24) is 15.5 Å². The molecule has 0 fully saturated rings. The molecular formula is C21H16Cl2N4O2S. The van der Waals surface area contributed by atoms with Crippen LogP contribution in [-0.4, -0.2) is 22.0 Å². The minimum atomic E-state index is -0.228. The highest BCUT2D eigenvalue weighted by Gasteiger charge is 2.17. The molecule has 0 saturated heterocycles. The first kappa shape index (κ1) is 20.4. The first-order valence-corrected chi connectivity index (χ1v) is 10.6. The molecular weight excluding hydrogens is 443 g/mol. The number of benzene rings is 2. The van der Waals surface area contributed by atoms with Crippen molar-refractivity contribution in [3.05, 3.63) is 80.6 Å². The summed E-state index contributed by atoms with van der Waals surface area (Å²) in [7, 11) is 0. The van der Waals surface area contributed by atoms with E-state index in [-0.39, 0.29) is 18.2 Å². The molecule has 30 heavy (non-hydrogen) atoms. The number of hydrogen-bond acceptors (Lipinski definition) is 4. The molecule has 4 aromatic rings. The Labute approximate surface area is 186 Å². The summed E-state index contributed by atoms with van der Waals surface area (Å²) >= 11 is 13.2. The number of anilines is 1. The molecule has 2 aromatic carbocycles.